The van der Waals surface area contributed by atoms with E-state index in [2.05, 4.69) is 0 Å². The molecule has 2 aromatic rings. The van der Waals surface area contributed by atoms with E-state index < -0.39 is 16.0 Å². The Morgan fingerprint density at radius 3 is 2.56 bits per heavy atom. The van der Waals surface area contributed by atoms with Gasteiger partial charge in [0.25, 0.3) is 0 Å². The molecular weight excluding hydrogens is 361 g/mol. The van der Waals surface area contributed by atoms with Gasteiger partial charge in [-0.05, 0) is 43.2 Å². The van der Waals surface area contributed by atoms with Gasteiger partial charge in [0, 0.05) is 17.1 Å². The van der Waals surface area contributed by atoms with E-state index in [1.807, 2.05) is 41.3 Å². The highest BCUT2D eigenvalue weighted by Crippen LogP contribution is 2.41. The fourth-order valence-electron chi connectivity index (χ4n) is 3.09. The monoisotopic (exact) mass is 379 g/mol. The fraction of sp³-hybridized carbons (Fsp3) is 0.263. The van der Waals surface area contributed by atoms with Crippen molar-refractivity contribution < 1.29 is 13.2 Å². The van der Waals surface area contributed by atoms with Crippen LogP contribution < -0.4 is 0 Å². The van der Waals surface area contributed by atoms with Crippen LogP contribution >= 0.6 is 11.6 Å². The quantitative estimate of drug-likeness (QED) is 0.770. The summed E-state index contributed by atoms with van der Waals surface area (Å²) < 4.78 is 36.0. The number of benzene rings is 2. The van der Waals surface area contributed by atoms with Crippen LogP contribution in [0.25, 0.3) is 5.57 Å². The zero-order valence-corrected chi connectivity index (χ0v) is 15.5. The summed E-state index contributed by atoms with van der Waals surface area (Å²) in [6, 6.07) is 13.9. The van der Waals surface area contributed by atoms with E-state index in [-0.39, 0.29) is 11.9 Å². The second-order valence-corrected chi connectivity index (χ2v) is 8.43. The molecular formula is C19H19ClFNO2S. The molecule has 0 saturated heterocycles. The van der Waals surface area contributed by atoms with Gasteiger partial charge in [0.1, 0.15) is 10.7 Å². The third-order valence-electron chi connectivity index (χ3n) is 4.57. The van der Waals surface area contributed by atoms with Gasteiger partial charge >= 0.3 is 0 Å². The van der Waals surface area contributed by atoms with Crippen molar-refractivity contribution in [1.82, 2.24) is 4.90 Å². The van der Waals surface area contributed by atoms with Crippen LogP contribution in [0.2, 0.25) is 5.02 Å². The maximum absolute atomic E-state index is 14.3. The Balaban J connectivity index is 2.08. The van der Waals surface area contributed by atoms with Crippen LogP contribution in [0, 0.1) is 5.82 Å². The molecule has 0 fully saturated rings. The average molecular weight is 380 g/mol. The van der Waals surface area contributed by atoms with E-state index in [1.54, 1.807) is 19.9 Å². The van der Waals surface area contributed by atoms with E-state index in [0.717, 1.165) is 11.1 Å². The zero-order valence-electron chi connectivity index (χ0n) is 13.9. The van der Waals surface area contributed by atoms with Crippen molar-refractivity contribution >= 4 is 28.3 Å². The maximum atomic E-state index is 14.3. The van der Waals surface area contributed by atoms with Crippen LogP contribution in [0.5, 0.6) is 0 Å². The zero-order chi connectivity index (χ0) is 18.2. The van der Waals surface area contributed by atoms with Crippen LogP contribution in [0.4, 0.5) is 4.39 Å². The highest BCUT2D eigenvalue weighted by atomic mass is 35.5. The molecule has 0 spiro atoms. The molecule has 25 heavy (non-hydrogen) atoms. The van der Waals surface area contributed by atoms with Crippen molar-refractivity contribution in [3.63, 3.8) is 0 Å². The van der Waals surface area contributed by atoms with Crippen LogP contribution in [0.3, 0.4) is 0 Å². The van der Waals surface area contributed by atoms with Crippen molar-refractivity contribution in [3.05, 3.63) is 76.6 Å². The number of nitrogens with zero attached hydrogens (tertiary/aromatic N) is 1. The average Bonchev–Trinajstić information content (AvgIpc) is 3.03. The first-order valence-electron chi connectivity index (χ1n) is 7.89. The lowest BCUT2D eigenvalue weighted by molar-refractivity contribution is 0.182. The lowest BCUT2D eigenvalue weighted by Crippen LogP contribution is -2.47. The van der Waals surface area contributed by atoms with Gasteiger partial charge in [-0.25, -0.2) is 8.60 Å². The lowest BCUT2D eigenvalue weighted by atomic mass is 10.0. The van der Waals surface area contributed by atoms with Gasteiger partial charge in [-0.3, -0.25) is 4.90 Å². The molecule has 1 aliphatic heterocycles. The predicted octanol–water partition coefficient (Wildman–Crippen LogP) is 4.88. The Labute approximate surface area is 154 Å². The van der Waals surface area contributed by atoms with E-state index in [1.165, 1.54) is 12.1 Å². The van der Waals surface area contributed by atoms with E-state index >= 15 is 0 Å². The van der Waals surface area contributed by atoms with Crippen molar-refractivity contribution in [1.29, 1.82) is 0 Å². The van der Waals surface area contributed by atoms with Gasteiger partial charge in [-0.15, -0.1) is 0 Å². The standard InChI is InChI=1S/C19H19ClFNO2S/c1-19(2,25(23)24)22-12-14(16-11-15(20)8-9-17(16)21)10-18(22)13-6-4-3-5-7-13/h3-11,18H,12H2,1-2H3,(H,23,24). The van der Waals surface area contributed by atoms with E-state index in [0.29, 0.717) is 17.1 Å². The minimum absolute atomic E-state index is 0.222. The first-order valence-corrected chi connectivity index (χ1v) is 9.38. The smallest absolute Gasteiger partial charge is 0.173 e. The van der Waals surface area contributed by atoms with Crippen LogP contribution in [0.1, 0.15) is 31.0 Å². The summed E-state index contributed by atoms with van der Waals surface area (Å²) >= 11 is 3.96. The third-order valence-corrected chi connectivity index (χ3v) is 5.89. The summed E-state index contributed by atoms with van der Waals surface area (Å²) in [6.07, 6.45) is 1.94. The Kier molecular flexibility index (Phi) is 5.11. The van der Waals surface area contributed by atoms with Gasteiger partial charge in [0.15, 0.2) is 11.1 Å². The molecule has 0 amide bonds. The highest BCUT2D eigenvalue weighted by molar-refractivity contribution is 7.80. The van der Waals surface area contributed by atoms with E-state index in [9.17, 15) is 13.2 Å². The van der Waals surface area contributed by atoms with Gasteiger partial charge in [-0.2, -0.15) is 0 Å². The molecule has 1 aliphatic rings. The summed E-state index contributed by atoms with van der Waals surface area (Å²) in [4.78, 5) is 0.919. The minimum Gasteiger partial charge on any atom is -0.305 e. The number of hydrogen-bond donors (Lipinski definition) is 1. The number of hydrogen-bond acceptors (Lipinski definition) is 2. The molecule has 2 atom stereocenters. The predicted molar refractivity (Wildman–Crippen MR) is 100 cm³/mol. The second kappa shape index (κ2) is 7.00. The summed E-state index contributed by atoms with van der Waals surface area (Å²) in [5, 5.41) is 0.456. The fourth-order valence-corrected chi connectivity index (χ4v) is 3.64. The van der Waals surface area contributed by atoms with Crippen molar-refractivity contribution in [2.45, 2.75) is 24.8 Å². The first kappa shape index (κ1) is 18.3. The van der Waals surface area contributed by atoms with Gasteiger partial charge < -0.3 is 4.55 Å². The molecule has 3 rings (SSSR count). The first-order chi connectivity index (χ1) is 11.8. The summed E-state index contributed by atoms with van der Waals surface area (Å²) in [7, 11) is 0. The normalized spacial score (nSPS) is 19.7. The highest BCUT2D eigenvalue weighted by Gasteiger charge is 2.41. The lowest BCUT2D eigenvalue weighted by Gasteiger charge is -2.37. The van der Waals surface area contributed by atoms with Gasteiger partial charge in [-0.1, -0.05) is 48.0 Å². The maximum Gasteiger partial charge on any atom is 0.173 e. The Bertz CT molecular complexity index is 839. The number of halogens is 2. The van der Waals surface area contributed by atoms with E-state index in [4.69, 9.17) is 11.6 Å². The molecule has 1 heterocycles. The third kappa shape index (κ3) is 3.55. The van der Waals surface area contributed by atoms with Crippen molar-refractivity contribution in [3.8, 4) is 0 Å². The second-order valence-electron chi connectivity index (χ2n) is 6.50. The molecule has 0 bridgehead atoms. The SMILES string of the molecule is CC(C)(N1CC(c2cc(Cl)ccc2F)=CC1c1ccccc1)S(=O)O. The van der Waals surface area contributed by atoms with Gasteiger partial charge in [0.05, 0.1) is 6.04 Å². The van der Waals surface area contributed by atoms with Crippen molar-refractivity contribution in [2.24, 2.45) is 0 Å². The summed E-state index contributed by atoms with van der Waals surface area (Å²) in [5.41, 5.74) is 2.17. The molecule has 132 valence electrons. The number of rotatable bonds is 4. The molecule has 0 saturated carbocycles. The summed E-state index contributed by atoms with van der Waals surface area (Å²) in [5.74, 6) is -0.354. The van der Waals surface area contributed by atoms with Gasteiger partial charge in [0.2, 0.25) is 0 Å². The van der Waals surface area contributed by atoms with Crippen LogP contribution in [0.15, 0.2) is 54.6 Å². The minimum atomic E-state index is -2.07. The molecule has 0 aromatic heterocycles. The molecule has 6 heteroatoms. The molecule has 2 aromatic carbocycles. The molecule has 2 unspecified atom stereocenters. The Morgan fingerprint density at radius 2 is 1.92 bits per heavy atom. The Hall–Kier alpha value is -1.53. The largest absolute Gasteiger partial charge is 0.305 e. The topological polar surface area (TPSA) is 40.5 Å². The van der Waals surface area contributed by atoms with Crippen LogP contribution in [-0.2, 0) is 11.1 Å². The Morgan fingerprint density at radius 1 is 1.24 bits per heavy atom. The molecule has 0 radical (unpaired) electrons. The molecule has 1 N–H and O–H groups in total. The molecule has 0 aliphatic carbocycles. The molecule has 3 nitrogen and oxygen atoms in total. The van der Waals surface area contributed by atoms with Crippen molar-refractivity contribution in [2.75, 3.05) is 6.54 Å². The van der Waals surface area contributed by atoms with Crippen LogP contribution in [-0.4, -0.2) is 25.1 Å². The summed E-state index contributed by atoms with van der Waals surface area (Å²) in [6.45, 7) is 3.78.